The molecular weight excluding hydrogens is 238 g/mol. The molecule has 0 saturated carbocycles. The molecule has 0 bridgehead atoms. The summed E-state index contributed by atoms with van der Waals surface area (Å²) in [5.74, 6) is -0.000671. The molecule has 4 heteroatoms. The van der Waals surface area contributed by atoms with Crippen LogP contribution in [-0.4, -0.2) is 15.9 Å². The number of aromatic nitrogens is 2. The standard InChI is InChI=1S/C15H17N3O/c1-11-3-4-14(10-17-11)12(2)18-15(19)9-13-5-7-16-8-6-13/h3-8,10,12H,9H2,1-2H3,(H,18,19). The van der Waals surface area contributed by atoms with E-state index in [0.29, 0.717) is 6.42 Å². The van der Waals surface area contributed by atoms with Crippen LogP contribution in [0.3, 0.4) is 0 Å². The zero-order valence-corrected chi connectivity index (χ0v) is 11.1. The fourth-order valence-electron chi connectivity index (χ4n) is 1.80. The van der Waals surface area contributed by atoms with Gasteiger partial charge in [0.15, 0.2) is 0 Å². The molecule has 19 heavy (non-hydrogen) atoms. The molecule has 0 aliphatic carbocycles. The number of aryl methyl sites for hydroxylation is 1. The Bertz CT molecular complexity index is 537. The van der Waals surface area contributed by atoms with Crippen molar-refractivity contribution in [1.82, 2.24) is 15.3 Å². The molecule has 2 heterocycles. The molecule has 0 radical (unpaired) electrons. The lowest BCUT2D eigenvalue weighted by Gasteiger charge is -2.14. The Labute approximate surface area is 112 Å². The van der Waals surface area contributed by atoms with Gasteiger partial charge >= 0.3 is 0 Å². The van der Waals surface area contributed by atoms with Gasteiger partial charge in [-0.1, -0.05) is 6.07 Å². The molecular formula is C15H17N3O. The number of nitrogens with zero attached hydrogens (tertiary/aromatic N) is 2. The minimum absolute atomic E-state index is 0.000671. The van der Waals surface area contributed by atoms with Crippen LogP contribution in [0.4, 0.5) is 0 Å². The third-order valence-corrected chi connectivity index (χ3v) is 2.93. The lowest BCUT2D eigenvalue weighted by molar-refractivity contribution is -0.121. The molecule has 0 aromatic carbocycles. The van der Waals surface area contributed by atoms with Gasteiger partial charge in [0.05, 0.1) is 12.5 Å². The van der Waals surface area contributed by atoms with Gasteiger partial charge < -0.3 is 5.32 Å². The van der Waals surface area contributed by atoms with E-state index in [0.717, 1.165) is 16.8 Å². The maximum Gasteiger partial charge on any atom is 0.224 e. The second-order valence-corrected chi connectivity index (χ2v) is 4.55. The number of carbonyl (C=O) groups excluding carboxylic acids is 1. The van der Waals surface area contributed by atoms with Gasteiger partial charge in [-0.25, -0.2) is 0 Å². The highest BCUT2D eigenvalue weighted by Crippen LogP contribution is 2.11. The van der Waals surface area contributed by atoms with Crippen molar-refractivity contribution in [3.63, 3.8) is 0 Å². The van der Waals surface area contributed by atoms with E-state index in [1.54, 1.807) is 18.6 Å². The predicted octanol–water partition coefficient (Wildman–Crippen LogP) is 2.20. The third kappa shape index (κ3) is 3.88. The van der Waals surface area contributed by atoms with Crippen molar-refractivity contribution in [2.75, 3.05) is 0 Å². The monoisotopic (exact) mass is 255 g/mol. The number of rotatable bonds is 4. The normalized spacial score (nSPS) is 11.9. The second kappa shape index (κ2) is 6.09. The van der Waals surface area contributed by atoms with Crippen LogP contribution in [0, 0.1) is 6.92 Å². The zero-order valence-electron chi connectivity index (χ0n) is 11.1. The molecule has 2 aromatic heterocycles. The van der Waals surface area contributed by atoms with Crippen molar-refractivity contribution in [2.45, 2.75) is 26.3 Å². The topological polar surface area (TPSA) is 54.9 Å². The van der Waals surface area contributed by atoms with Crippen molar-refractivity contribution in [1.29, 1.82) is 0 Å². The first-order valence-electron chi connectivity index (χ1n) is 6.26. The molecule has 1 N–H and O–H groups in total. The van der Waals surface area contributed by atoms with Gasteiger partial charge in [0, 0.05) is 24.3 Å². The van der Waals surface area contributed by atoms with Crippen LogP contribution >= 0.6 is 0 Å². The van der Waals surface area contributed by atoms with Gasteiger partial charge in [0.2, 0.25) is 5.91 Å². The number of amides is 1. The summed E-state index contributed by atoms with van der Waals surface area (Å²) in [6.07, 6.45) is 5.55. The van der Waals surface area contributed by atoms with E-state index in [4.69, 9.17) is 0 Å². The van der Waals surface area contributed by atoms with Crippen LogP contribution in [0.15, 0.2) is 42.9 Å². The Morgan fingerprint density at radius 1 is 1.26 bits per heavy atom. The van der Waals surface area contributed by atoms with Gasteiger partial charge in [-0.3, -0.25) is 14.8 Å². The molecule has 0 aliphatic rings. The van der Waals surface area contributed by atoms with Gasteiger partial charge in [0.25, 0.3) is 0 Å². The van der Waals surface area contributed by atoms with Crippen molar-refractivity contribution in [3.8, 4) is 0 Å². The van der Waals surface area contributed by atoms with E-state index in [9.17, 15) is 4.79 Å². The van der Waals surface area contributed by atoms with Crippen LogP contribution in [0.2, 0.25) is 0 Å². The Balaban J connectivity index is 1.93. The Kier molecular flexibility index (Phi) is 4.23. The quantitative estimate of drug-likeness (QED) is 0.911. The third-order valence-electron chi connectivity index (χ3n) is 2.93. The van der Waals surface area contributed by atoms with E-state index in [-0.39, 0.29) is 11.9 Å². The SMILES string of the molecule is Cc1ccc(C(C)NC(=O)Cc2ccncc2)cn1. The lowest BCUT2D eigenvalue weighted by Crippen LogP contribution is -2.28. The molecule has 1 amide bonds. The molecule has 0 saturated heterocycles. The summed E-state index contributed by atoms with van der Waals surface area (Å²) in [6.45, 7) is 3.90. The molecule has 98 valence electrons. The molecule has 0 fully saturated rings. The number of hydrogen-bond donors (Lipinski definition) is 1. The summed E-state index contributed by atoms with van der Waals surface area (Å²) >= 11 is 0. The highest BCUT2D eigenvalue weighted by molar-refractivity contribution is 5.78. The van der Waals surface area contributed by atoms with Gasteiger partial charge in [-0.05, 0) is 43.2 Å². The first-order chi connectivity index (χ1) is 9.15. The molecule has 4 nitrogen and oxygen atoms in total. The van der Waals surface area contributed by atoms with Crippen LogP contribution in [0.25, 0.3) is 0 Å². The van der Waals surface area contributed by atoms with E-state index in [2.05, 4.69) is 15.3 Å². The Morgan fingerprint density at radius 2 is 2.00 bits per heavy atom. The number of nitrogens with one attached hydrogen (secondary N) is 1. The fraction of sp³-hybridized carbons (Fsp3) is 0.267. The van der Waals surface area contributed by atoms with Crippen molar-refractivity contribution >= 4 is 5.91 Å². The Morgan fingerprint density at radius 3 is 2.63 bits per heavy atom. The summed E-state index contributed by atoms with van der Waals surface area (Å²) < 4.78 is 0. The lowest BCUT2D eigenvalue weighted by atomic mass is 10.1. The predicted molar refractivity (Wildman–Crippen MR) is 73.5 cm³/mol. The van der Waals surface area contributed by atoms with Crippen LogP contribution in [-0.2, 0) is 11.2 Å². The number of pyridine rings is 2. The number of hydrogen-bond acceptors (Lipinski definition) is 3. The zero-order chi connectivity index (χ0) is 13.7. The summed E-state index contributed by atoms with van der Waals surface area (Å²) in [5, 5.41) is 2.96. The highest BCUT2D eigenvalue weighted by Gasteiger charge is 2.10. The van der Waals surface area contributed by atoms with Gasteiger partial charge in [-0.15, -0.1) is 0 Å². The second-order valence-electron chi connectivity index (χ2n) is 4.55. The van der Waals surface area contributed by atoms with E-state index in [1.165, 1.54) is 0 Å². The summed E-state index contributed by atoms with van der Waals surface area (Å²) in [4.78, 5) is 20.1. The van der Waals surface area contributed by atoms with Crippen molar-refractivity contribution in [3.05, 3.63) is 59.7 Å². The first-order valence-corrected chi connectivity index (χ1v) is 6.26. The Hall–Kier alpha value is -2.23. The highest BCUT2D eigenvalue weighted by atomic mass is 16.1. The molecule has 2 rings (SSSR count). The maximum atomic E-state index is 11.9. The van der Waals surface area contributed by atoms with E-state index in [1.807, 2.05) is 38.1 Å². The number of carbonyl (C=O) groups is 1. The maximum absolute atomic E-state index is 11.9. The van der Waals surface area contributed by atoms with Crippen LogP contribution < -0.4 is 5.32 Å². The van der Waals surface area contributed by atoms with Crippen molar-refractivity contribution in [2.24, 2.45) is 0 Å². The summed E-state index contributed by atoms with van der Waals surface area (Å²) in [7, 11) is 0. The molecule has 0 aliphatic heterocycles. The first kappa shape index (κ1) is 13.2. The van der Waals surface area contributed by atoms with Gasteiger partial charge in [0.1, 0.15) is 0 Å². The van der Waals surface area contributed by atoms with Crippen molar-refractivity contribution < 1.29 is 4.79 Å². The minimum Gasteiger partial charge on any atom is -0.349 e. The van der Waals surface area contributed by atoms with Crippen LogP contribution in [0.1, 0.15) is 29.8 Å². The fourth-order valence-corrected chi connectivity index (χ4v) is 1.80. The molecule has 2 aromatic rings. The smallest absolute Gasteiger partial charge is 0.224 e. The van der Waals surface area contributed by atoms with Gasteiger partial charge in [-0.2, -0.15) is 0 Å². The largest absolute Gasteiger partial charge is 0.349 e. The summed E-state index contributed by atoms with van der Waals surface area (Å²) in [6, 6.07) is 7.58. The average Bonchev–Trinajstić information content (AvgIpc) is 2.40. The van der Waals surface area contributed by atoms with E-state index < -0.39 is 0 Å². The summed E-state index contributed by atoms with van der Waals surface area (Å²) in [5.41, 5.74) is 2.94. The average molecular weight is 255 g/mol. The molecule has 0 spiro atoms. The van der Waals surface area contributed by atoms with E-state index >= 15 is 0 Å². The molecule has 1 atom stereocenters. The molecule has 1 unspecified atom stereocenters. The minimum atomic E-state index is -0.0394. The van der Waals surface area contributed by atoms with Crippen LogP contribution in [0.5, 0.6) is 0 Å².